The number of aliphatic hydroxyl groups is 1. The zero-order valence-corrected chi connectivity index (χ0v) is 20.8. The van der Waals surface area contributed by atoms with E-state index in [0.29, 0.717) is 11.2 Å². The highest BCUT2D eigenvalue weighted by Crippen LogP contribution is 2.40. The highest BCUT2D eigenvalue weighted by Gasteiger charge is 2.51. The van der Waals surface area contributed by atoms with Crippen molar-refractivity contribution < 1.29 is 28.5 Å². The lowest BCUT2D eigenvalue weighted by Gasteiger charge is -2.24. The van der Waals surface area contributed by atoms with Crippen LogP contribution < -0.4 is 11.1 Å². The van der Waals surface area contributed by atoms with Gasteiger partial charge in [0.2, 0.25) is 11.1 Å². The van der Waals surface area contributed by atoms with Gasteiger partial charge in [-0.05, 0) is 43.9 Å². The molecule has 2 aromatic heterocycles. The van der Waals surface area contributed by atoms with Gasteiger partial charge in [-0.15, -0.1) is 10.9 Å². The van der Waals surface area contributed by atoms with E-state index in [1.807, 2.05) is 0 Å². The van der Waals surface area contributed by atoms with E-state index in [1.54, 1.807) is 27.7 Å². The number of halogens is 1. The summed E-state index contributed by atoms with van der Waals surface area (Å²) < 4.78 is 30.8. The predicted molar refractivity (Wildman–Crippen MR) is 124 cm³/mol. The maximum atomic E-state index is 12.6. The van der Waals surface area contributed by atoms with Crippen LogP contribution >= 0.6 is 19.6 Å². The van der Waals surface area contributed by atoms with Crippen molar-refractivity contribution in [2.24, 2.45) is 0 Å². The van der Waals surface area contributed by atoms with Crippen molar-refractivity contribution in [3.8, 4) is 12.3 Å². The molecule has 0 aromatic carbocycles. The number of ether oxygens (including phenoxy) is 2. The number of nitrogen functional groups attached to an aromatic ring is 1. The number of aliphatic hydroxyl groups excluding tert-OH is 1. The molecule has 1 fully saturated rings. The number of aromatic nitrogens is 4. The van der Waals surface area contributed by atoms with Crippen LogP contribution in [-0.4, -0.2) is 66.8 Å². The Labute approximate surface area is 202 Å². The Morgan fingerprint density at radius 1 is 1.50 bits per heavy atom. The van der Waals surface area contributed by atoms with Gasteiger partial charge in [0, 0.05) is 6.42 Å². The lowest BCUT2D eigenvalue weighted by atomic mass is 9.99. The maximum absolute atomic E-state index is 12.6. The molecule has 4 N–H and O–H groups in total. The average Bonchev–Trinajstić information content (AvgIpc) is 3.32. The number of fused-ring (bicyclic) bond motifs is 1. The minimum absolute atomic E-state index is 0.0677. The monoisotopic (exact) mass is 513 g/mol. The van der Waals surface area contributed by atoms with Crippen molar-refractivity contribution in [2.45, 2.75) is 70.0 Å². The van der Waals surface area contributed by atoms with Crippen LogP contribution in [0.1, 0.15) is 40.3 Å². The molecular formula is C20H27ClN6O6P+. The van der Waals surface area contributed by atoms with Crippen molar-refractivity contribution >= 4 is 42.6 Å². The molecule has 3 rings (SSSR count). The van der Waals surface area contributed by atoms with Crippen LogP contribution in [-0.2, 0) is 23.4 Å². The number of carbonyl (C=O) groups excluding carboxylic acids is 1. The number of hydrogen-bond acceptors (Lipinski definition) is 11. The van der Waals surface area contributed by atoms with E-state index in [4.69, 9.17) is 37.8 Å². The van der Waals surface area contributed by atoms with Crippen molar-refractivity contribution in [3.05, 3.63) is 11.6 Å². The van der Waals surface area contributed by atoms with Crippen molar-refractivity contribution in [1.29, 1.82) is 0 Å². The van der Waals surface area contributed by atoms with Crippen LogP contribution in [0.15, 0.2) is 6.33 Å². The van der Waals surface area contributed by atoms with E-state index in [1.165, 1.54) is 10.9 Å². The summed E-state index contributed by atoms with van der Waals surface area (Å²) >= 11 is 5.91. The van der Waals surface area contributed by atoms with Gasteiger partial charge in [0.15, 0.2) is 17.1 Å². The quantitative estimate of drug-likeness (QED) is 0.193. The van der Waals surface area contributed by atoms with E-state index >= 15 is 0 Å². The molecule has 3 heterocycles. The van der Waals surface area contributed by atoms with Crippen LogP contribution in [0.4, 0.5) is 5.82 Å². The van der Waals surface area contributed by atoms with Crippen LogP contribution in [0.2, 0.25) is 5.28 Å². The topological polar surface area (TPSA) is 164 Å². The Morgan fingerprint density at radius 3 is 2.85 bits per heavy atom. The summed E-state index contributed by atoms with van der Waals surface area (Å²) in [5.74, 6) is 1.36. The maximum Gasteiger partial charge on any atom is 0.527 e. The molecule has 2 aromatic rings. The van der Waals surface area contributed by atoms with Gasteiger partial charge in [-0.3, -0.25) is 14.7 Å². The summed E-state index contributed by atoms with van der Waals surface area (Å²) in [5.41, 5.74) is 4.91. The number of hydrogen-bond donors (Lipinski definition) is 3. The molecular weight excluding hydrogens is 487 g/mol. The van der Waals surface area contributed by atoms with Crippen LogP contribution in [0.3, 0.4) is 0 Å². The van der Waals surface area contributed by atoms with Crippen molar-refractivity contribution in [1.82, 2.24) is 24.8 Å². The summed E-state index contributed by atoms with van der Waals surface area (Å²) in [7, 11) is -2.32. The Balaban J connectivity index is 1.67. The second-order valence-corrected chi connectivity index (χ2v) is 10.1. The first kappa shape index (κ1) is 26.2. The van der Waals surface area contributed by atoms with Crippen LogP contribution in [0.5, 0.6) is 0 Å². The molecule has 0 bridgehead atoms. The molecule has 0 aliphatic carbocycles. The molecule has 12 nitrogen and oxygen atoms in total. The molecule has 1 saturated heterocycles. The van der Waals surface area contributed by atoms with Crippen molar-refractivity contribution in [3.63, 3.8) is 0 Å². The normalized spacial score (nSPS) is 24.7. The number of terminal acetylenes is 1. The van der Waals surface area contributed by atoms with Crippen LogP contribution in [0, 0.1) is 12.3 Å². The molecule has 184 valence electrons. The van der Waals surface area contributed by atoms with Crippen molar-refractivity contribution in [2.75, 3.05) is 12.3 Å². The minimum atomic E-state index is -2.32. The van der Waals surface area contributed by atoms with E-state index in [9.17, 15) is 14.5 Å². The third-order valence-corrected chi connectivity index (χ3v) is 6.54. The average molecular weight is 514 g/mol. The molecule has 2 unspecified atom stereocenters. The van der Waals surface area contributed by atoms with Gasteiger partial charge in [-0.1, -0.05) is 5.92 Å². The summed E-state index contributed by atoms with van der Waals surface area (Å²) in [6.45, 7) is 6.32. The largest absolute Gasteiger partial charge is 0.527 e. The summed E-state index contributed by atoms with van der Waals surface area (Å²) in [6, 6.07) is -0.699. The fourth-order valence-electron chi connectivity index (χ4n) is 3.44. The molecule has 0 spiro atoms. The summed E-state index contributed by atoms with van der Waals surface area (Å²) in [6.07, 6.45) is 5.04. The Morgan fingerprint density at radius 2 is 2.21 bits per heavy atom. The number of nitrogens with two attached hydrogens (primary N) is 1. The zero-order valence-electron chi connectivity index (χ0n) is 19.1. The number of nitrogens with zero attached hydrogens (tertiary/aromatic N) is 4. The first-order chi connectivity index (χ1) is 16.0. The number of carbonyl (C=O) groups is 1. The van der Waals surface area contributed by atoms with E-state index in [0.717, 1.165) is 0 Å². The van der Waals surface area contributed by atoms with Gasteiger partial charge >= 0.3 is 14.0 Å². The number of nitrogens with one attached hydrogen (secondary N) is 1. The number of rotatable bonds is 9. The lowest BCUT2D eigenvalue weighted by molar-refractivity contribution is -0.149. The molecule has 1 aliphatic rings. The lowest BCUT2D eigenvalue weighted by Crippen LogP contribution is -2.43. The summed E-state index contributed by atoms with van der Waals surface area (Å²) in [4.78, 5) is 24.1. The fourth-order valence-corrected chi connectivity index (χ4v) is 4.50. The third-order valence-electron chi connectivity index (χ3n) is 5.20. The first-order valence-electron chi connectivity index (χ1n) is 10.5. The Kier molecular flexibility index (Phi) is 8.08. The molecule has 0 amide bonds. The summed E-state index contributed by atoms with van der Waals surface area (Å²) in [5, 5.41) is 13.5. The van der Waals surface area contributed by atoms with Gasteiger partial charge in [0.25, 0.3) is 0 Å². The molecule has 34 heavy (non-hydrogen) atoms. The third kappa shape index (κ3) is 5.46. The van der Waals surface area contributed by atoms with E-state index in [2.05, 4.69) is 26.2 Å². The first-order valence-corrected chi connectivity index (χ1v) is 12.1. The van der Waals surface area contributed by atoms with Gasteiger partial charge in [0.05, 0.1) is 12.4 Å². The van der Waals surface area contributed by atoms with Gasteiger partial charge < -0.3 is 20.3 Å². The predicted octanol–water partition coefficient (Wildman–Crippen LogP) is 1.75. The second-order valence-electron chi connectivity index (χ2n) is 8.17. The molecule has 1 aliphatic heterocycles. The number of anilines is 1. The Bertz CT molecular complexity index is 1120. The SMILES string of the molecule is C#C[C@]1(CO[P+](=O)C(C)N[C@@H](C)C(=O)OC(C)C)O[C@@H](n2cnc3c(N)nc(Cl)nc32)C[C@@H]1O. The highest BCUT2D eigenvalue weighted by molar-refractivity contribution is 7.39. The minimum Gasteiger partial charge on any atom is -0.462 e. The number of esters is 1. The van der Waals surface area contributed by atoms with E-state index in [-0.39, 0.29) is 30.2 Å². The number of imidazole rings is 1. The van der Waals surface area contributed by atoms with Gasteiger partial charge in [-0.25, -0.2) is 4.98 Å². The molecule has 14 heteroatoms. The molecule has 6 atom stereocenters. The Hall–Kier alpha value is -2.39. The zero-order chi connectivity index (χ0) is 25.2. The van der Waals surface area contributed by atoms with E-state index < -0.39 is 43.8 Å². The smallest absolute Gasteiger partial charge is 0.462 e. The van der Waals surface area contributed by atoms with Crippen LogP contribution in [0.25, 0.3) is 11.2 Å². The molecule has 0 saturated carbocycles. The molecule has 0 radical (unpaired) electrons. The fraction of sp³-hybridized carbons (Fsp3) is 0.600. The highest BCUT2D eigenvalue weighted by atomic mass is 35.5. The second kappa shape index (κ2) is 10.5. The van der Waals surface area contributed by atoms with Gasteiger partial charge in [0.1, 0.15) is 30.5 Å². The standard InChI is InChI=1S/C20H27ClN6O6P/c1-6-20(8-31-34(30)12(5)24-11(4)18(29)32-10(2)3)13(28)7-14(33-20)27-9-23-15-16(22)25-19(21)26-17(15)27/h1,9-14,24,28H,7-8H2,2-5H3,(H2,22,25,26)/q+1/t11-,12?,13-,14+,20+/m0/s1. The van der Waals surface area contributed by atoms with Gasteiger partial charge in [-0.2, -0.15) is 9.97 Å².